The van der Waals surface area contributed by atoms with Crippen LogP contribution in [0.25, 0.3) is 0 Å². The molecule has 156 valence electrons. The van der Waals surface area contributed by atoms with Crippen LogP contribution in [0.2, 0.25) is 0 Å². The van der Waals surface area contributed by atoms with Gasteiger partial charge in [-0.2, -0.15) is 0 Å². The van der Waals surface area contributed by atoms with Gasteiger partial charge in [0.15, 0.2) is 6.61 Å². The van der Waals surface area contributed by atoms with E-state index in [0.29, 0.717) is 12.3 Å². The van der Waals surface area contributed by atoms with Crippen molar-refractivity contribution in [3.8, 4) is 5.75 Å². The van der Waals surface area contributed by atoms with Crippen LogP contribution in [0.4, 0.5) is 0 Å². The summed E-state index contributed by atoms with van der Waals surface area (Å²) in [7, 11) is 0. The lowest BCUT2D eigenvalue weighted by molar-refractivity contribution is -0.148. The van der Waals surface area contributed by atoms with E-state index in [-0.39, 0.29) is 25.0 Å². The number of hydrogen-bond donors (Lipinski definition) is 1. The number of ether oxygens (including phenoxy) is 2. The number of hydrogen-bond acceptors (Lipinski definition) is 6. The smallest absolute Gasteiger partial charge is 0.312 e. The molecule has 7 heteroatoms. The number of nitrogens with one attached hydrogen (secondary N) is 1. The fourth-order valence-electron chi connectivity index (χ4n) is 3.29. The van der Waals surface area contributed by atoms with E-state index in [1.807, 2.05) is 36.6 Å². The molecule has 0 spiro atoms. The molecule has 0 saturated heterocycles. The molecule has 1 fully saturated rings. The van der Waals surface area contributed by atoms with Crippen molar-refractivity contribution in [1.82, 2.24) is 10.3 Å². The van der Waals surface area contributed by atoms with Crippen molar-refractivity contribution in [3.05, 3.63) is 45.9 Å². The van der Waals surface area contributed by atoms with Crippen LogP contribution >= 0.6 is 11.3 Å². The highest BCUT2D eigenvalue weighted by Gasteiger charge is 2.20. The molecule has 1 aromatic carbocycles. The maximum atomic E-state index is 12.0. The summed E-state index contributed by atoms with van der Waals surface area (Å²) in [5.41, 5.74) is 1.80. The minimum atomic E-state index is -0.450. The van der Waals surface area contributed by atoms with Crippen LogP contribution in [-0.4, -0.2) is 29.5 Å². The first-order valence-electron chi connectivity index (χ1n) is 10.1. The number of rotatable bonds is 8. The molecule has 1 aromatic heterocycles. The van der Waals surface area contributed by atoms with Gasteiger partial charge in [-0.3, -0.25) is 9.59 Å². The van der Waals surface area contributed by atoms with Gasteiger partial charge in [-0.1, -0.05) is 24.6 Å². The summed E-state index contributed by atoms with van der Waals surface area (Å²) < 4.78 is 10.8. The van der Waals surface area contributed by atoms with Gasteiger partial charge >= 0.3 is 5.97 Å². The normalized spacial score (nSPS) is 18.8. The Morgan fingerprint density at radius 1 is 1.17 bits per heavy atom. The van der Waals surface area contributed by atoms with E-state index < -0.39 is 5.97 Å². The molecule has 0 aliphatic heterocycles. The fraction of sp³-hybridized carbons (Fsp3) is 0.500. The van der Waals surface area contributed by atoms with Crippen molar-refractivity contribution in [3.63, 3.8) is 0 Å². The van der Waals surface area contributed by atoms with Crippen LogP contribution in [0.1, 0.15) is 48.9 Å². The summed E-state index contributed by atoms with van der Waals surface area (Å²) in [6.45, 7) is 4.37. The van der Waals surface area contributed by atoms with Crippen LogP contribution in [0.5, 0.6) is 5.75 Å². The first-order valence-corrected chi connectivity index (χ1v) is 10.9. The molecular weight excluding hydrogens is 388 g/mol. The fourth-order valence-corrected chi connectivity index (χ4v) is 4.00. The van der Waals surface area contributed by atoms with E-state index in [2.05, 4.69) is 17.2 Å². The standard InChI is InChI=1S/C22H28N2O4S/c1-15-3-7-17(8-4-15)23-20(25)12-28-22(26)11-18-14-29-21(24-18)13-27-19-9-5-16(2)6-10-19/h5-6,9-10,14-15,17H,3-4,7-8,11-13H2,1-2H3,(H,23,25). The molecule has 1 aliphatic carbocycles. The minimum Gasteiger partial charge on any atom is -0.486 e. The first kappa shape index (κ1) is 21.3. The number of aromatic nitrogens is 1. The number of carbonyl (C=O) groups excluding carboxylic acids is 2. The zero-order chi connectivity index (χ0) is 20.6. The van der Waals surface area contributed by atoms with E-state index in [1.165, 1.54) is 16.9 Å². The Kier molecular flexibility index (Phi) is 7.63. The zero-order valence-corrected chi connectivity index (χ0v) is 17.8. The zero-order valence-electron chi connectivity index (χ0n) is 17.0. The lowest BCUT2D eigenvalue weighted by atomic mass is 9.87. The molecule has 1 amide bonds. The summed E-state index contributed by atoms with van der Waals surface area (Å²) in [4.78, 5) is 28.4. The topological polar surface area (TPSA) is 77.5 Å². The average molecular weight is 417 g/mol. The second-order valence-electron chi connectivity index (χ2n) is 7.70. The van der Waals surface area contributed by atoms with Crippen LogP contribution in [-0.2, 0) is 27.4 Å². The number of nitrogens with zero attached hydrogens (tertiary/aromatic N) is 1. The van der Waals surface area contributed by atoms with E-state index >= 15 is 0 Å². The highest BCUT2D eigenvalue weighted by atomic mass is 32.1. The molecule has 0 atom stereocenters. The summed E-state index contributed by atoms with van der Waals surface area (Å²) in [5, 5.41) is 5.56. The van der Waals surface area contributed by atoms with Crippen LogP contribution < -0.4 is 10.1 Å². The van der Waals surface area contributed by atoms with Crippen molar-refractivity contribution in [2.24, 2.45) is 5.92 Å². The average Bonchev–Trinajstić information content (AvgIpc) is 3.15. The van der Waals surface area contributed by atoms with Crippen LogP contribution in [0.15, 0.2) is 29.6 Å². The maximum Gasteiger partial charge on any atom is 0.312 e. The van der Waals surface area contributed by atoms with E-state index in [4.69, 9.17) is 9.47 Å². The van der Waals surface area contributed by atoms with Gasteiger partial charge in [0, 0.05) is 11.4 Å². The van der Waals surface area contributed by atoms with Gasteiger partial charge in [-0.05, 0) is 50.7 Å². The monoisotopic (exact) mass is 416 g/mol. The third-order valence-electron chi connectivity index (χ3n) is 5.05. The number of benzene rings is 1. The summed E-state index contributed by atoms with van der Waals surface area (Å²) in [6, 6.07) is 8.01. The second-order valence-corrected chi connectivity index (χ2v) is 8.64. The number of amides is 1. The van der Waals surface area contributed by atoms with E-state index in [9.17, 15) is 9.59 Å². The summed E-state index contributed by atoms with van der Waals surface area (Å²) >= 11 is 1.44. The maximum absolute atomic E-state index is 12.0. The van der Waals surface area contributed by atoms with Gasteiger partial charge in [-0.25, -0.2) is 4.98 Å². The molecular formula is C22H28N2O4S. The quantitative estimate of drug-likeness (QED) is 0.662. The molecule has 0 radical (unpaired) electrons. The molecule has 6 nitrogen and oxygen atoms in total. The first-order chi connectivity index (χ1) is 14.0. The summed E-state index contributed by atoms with van der Waals surface area (Å²) in [5.74, 6) is 0.827. The summed E-state index contributed by atoms with van der Waals surface area (Å²) in [6.07, 6.45) is 4.30. The molecule has 29 heavy (non-hydrogen) atoms. The molecule has 3 rings (SSSR count). The van der Waals surface area contributed by atoms with Gasteiger partial charge in [0.25, 0.3) is 5.91 Å². The van der Waals surface area contributed by atoms with Gasteiger partial charge < -0.3 is 14.8 Å². The molecule has 1 heterocycles. The Bertz CT molecular complexity index is 810. The number of esters is 1. The van der Waals surface area contributed by atoms with E-state index in [1.54, 1.807) is 0 Å². The lowest BCUT2D eigenvalue weighted by Crippen LogP contribution is -2.39. The van der Waals surface area contributed by atoms with Gasteiger partial charge in [0.2, 0.25) is 0 Å². The Hall–Kier alpha value is -2.41. The van der Waals surface area contributed by atoms with Crippen molar-refractivity contribution in [1.29, 1.82) is 0 Å². The highest BCUT2D eigenvalue weighted by molar-refractivity contribution is 7.09. The Balaban J connectivity index is 1.36. The van der Waals surface area contributed by atoms with Crippen molar-refractivity contribution < 1.29 is 19.1 Å². The third-order valence-corrected chi connectivity index (χ3v) is 5.92. The number of carbonyl (C=O) groups is 2. The predicted molar refractivity (Wildman–Crippen MR) is 112 cm³/mol. The van der Waals surface area contributed by atoms with E-state index in [0.717, 1.165) is 42.4 Å². The van der Waals surface area contributed by atoms with Gasteiger partial charge in [-0.15, -0.1) is 11.3 Å². The predicted octanol–water partition coefficient (Wildman–Crippen LogP) is 3.81. The highest BCUT2D eigenvalue weighted by Crippen LogP contribution is 2.23. The van der Waals surface area contributed by atoms with Crippen LogP contribution in [0, 0.1) is 12.8 Å². The number of thiazole rings is 1. The molecule has 0 unspecified atom stereocenters. The molecule has 1 saturated carbocycles. The van der Waals surface area contributed by atoms with Gasteiger partial charge in [0.1, 0.15) is 17.4 Å². The largest absolute Gasteiger partial charge is 0.486 e. The van der Waals surface area contributed by atoms with Crippen molar-refractivity contribution in [2.45, 2.75) is 58.6 Å². The minimum absolute atomic E-state index is 0.0508. The second kappa shape index (κ2) is 10.4. The third kappa shape index (κ3) is 7.16. The molecule has 2 aromatic rings. The molecule has 1 aliphatic rings. The Labute approximate surface area is 175 Å². The molecule has 1 N–H and O–H groups in total. The van der Waals surface area contributed by atoms with Crippen molar-refractivity contribution >= 4 is 23.2 Å². The Morgan fingerprint density at radius 3 is 2.62 bits per heavy atom. The van der Waals surface area contributed by atoms with Crippen molar-refractivity contribution in [2.75, 3.05) is 6.61 Å². The Morgan fingerprint density at radius 2 is 1.90 bits per heavy atom. The van der Waals surface area contributed by atoms with Gasteiger partial charge in [0.05, 0.1) is 12.1 Å². The number of aryl methyl sites for hydroxylation is 1. The SMILES string of the molecule is Cc1ccc(OCc2nc(CC(=O)OCC(=O)NC3CCC(C)CC3)cs2)cc1. The lowest BCUT2D eigenvalue weighted by Gasteiger charge is -2.26. The van der Waals surface area contributed by atoms with Crippen LogP contribution in [0.3, 0.4) is 0 Å². The molecule has 0 bridgehead atoms.